The highest BCUT2D eigenvalue weighted by molar-refractivity contribution is 9.10. The molecule has 0 unspecified atom stereocenters. The maximum atomic E-state index is 14.3. The highest BCUT2D eigenvalue weighted by atomic mass is 79.9. The second-order valence-corrected chi connectivity index (χ2v) is 11.7. The van der Waals surface area contributed by atoms with Gasteiger partial charge >= 0.3 is 0 Å². The molecule has 6 rings (SSSR count). The van der Waals surface area contributed by atoms with E-state index in [4.69, 9.17) is 4.74 Å². The topological polar surface area (TPSA) is 104 Å². The molecule has 1 N–H and O–H groups in total. The van der Waals surface area contributed by atoms with E-state index in [0.717, 1.165) is 5.57 Å². The summed E-state index contributed by atoms with van der Waals surface area (Å²) in [4.78, 5) is 56.9. The van der Waals surface area contributed by atoms with Crippen molar-refractivity contribution >= 4 is 45.2 Å². The number of allylic oxidation sites excluding steroid dienone is 2. The molecule has 2 aliphatic carbocycles. The van der Waals surface area contributed by atoms with E-state index in [1.807, 2.05) is 12.1 Å². The minimum absolute atomic E-state index is 0.117. The first-order chi connectivity index (χ1) is 18.1. The van der Waals surface area contributed by atoms with Crippen molar-refractivity contribution in [2.45, 2.75) is 25.7 Å². The lowest BCUT2D eigenvalue weighted by atomic mass is 9.51. The maximum absolute atomic E-state index is 14.3. The number of carbonyl (C=O) groups is 4. The Morgan fingerprint density at radius 3 is 2.42 bits per heavy atom. The van der Waals surface area contributed by atoms with Gasteiger partial charge in [0.25, 0.3) is 0 Å². The number of methoxy groups -OCH3 is 1. The zero-order valence-corrected chi connectivity index (χ0v) is 22.8. The van der Waals surface area contributed by atoms with E-state index < -0.39 is 35.0 Å². The van der Waals surface area contributed by atoms with Crippen LogP contribution in [0.4, 0.5) is 5.69 Å². The third-order valence-corrected chi connectivity index (χ3v) is 9.57. The highest BCUT2D eigenvalue weighted by Gasteiger charge is 2.67. The van der Waals surface area contributed by atoms with Gasteiger partial charge in [-0.15, -0.1) is 0 Å². The Balaban J connectivity index is 1.59. The Kier molecular flexibility index (Phi) is 5.58. The van der Waals surface area contributed by atoms with Crippen molar-refractivity contribution in [1.82, 2.24) is 4.90 Å². The molecule has 0 radical (unpaired) electrons. The number of hydrogen-bond acceptors (Lipinski definition) is 6. The fourth-order valence-electron chi connectivity index (χ4n) is 7.31. The zero-order valence-electron chi connectivity index (χ0n) is 21.2. The molecule has 0 bridgehead atoms. The van der Waals surface area contributed by atoms with Crippen LogP contribution in [0, 0.1) is 29.1 Å². The van der Waals surface area contributed by atoms with Gasteiger partial charge in [-0.3, -0.25) is 24.1 Å². The summed E-state index contributed by atoms with van der Waals surface area (Å²) in [6.07, 6.45) is 2.59. The van der Waals surface area contributed by atoms with E-state index in [9.17, 15) is 24.3 Å². The Labute approximate surface area is 228 Å². The number of imide groups is 2. The zero-order chi connectivity index (χ0) is 27.1. The van der Waals surface area contributed by atoms with Crippen molar-refractivity contribution in [3.63, 3.8) is 0 Å². The van der Waals surface area contributed by atoms with Gasteiger partial charge in [-0.2, -0.15) is 0 Å². The third kappa shape index (κ3) is 3.14. The Bertz CT molecular complexity index is 1440. The quantitative estimate of drug-likeness (QED) is 0.435. The monoisotopic (exact) mass is 578 g/mol. The molecular formula is C29H27BrN2O6. The Hall–Kier alpha value is -3.46. The van der Waals surface area contributed by atoms with Gasteiger partial charge in [0.15, 0.2) is 11.5 Å². The number of halogens is 1. The van der Waals surface area contributed by atoms with Crippen LogP contribution in [0.1, 0.15) is 31.2 Å². The summed E-state index contributed by atoms with van der Waals surface area (Å²) in [5.41, 5.74) is 0.505. The van der Waals surface area contributed by atoms with Crippen molar-refractivity contribution in [1.29, 1.82) is 0 Å². The highest BCUT2D eigenvalue weighted by Crippen LogP contribution is 2.65. The minimum Gasteiger partial charge on any atom is -0.504 e. The lowest BCUT2D eigenvalue weighted by Crippen LogP contribution is -2.48. The number of nitrogens with zero attached hydrogens (tertiary/aromatic N) is 2. The molecule has 2 heterocycles. The van der Waals surface area contributed by atoms with Crippen molar-refractivity contribution in [3.8, 4) is 11.5 Å². The third-order valence-electron chi connectivity index (χ3n) is 9.11. The van der Waals surface area contributed by atoms with Crippen LogP contribution in [-0.4, -0.2) is 47.8 Å². The number of hydrogen-bond donors (Lipinski definition) is 1. The van der Waals surface area contributed by atoms with Gasteiger partial charge in [0, 0.05) is 23.0 Å². The number of fused-ring (bicyclic) bond motifs is 4. The summed E-state index contributed by atoms with van der Waals surface area (Å²) in [7, 11) is 2.95. The number of carbonyl (C=O) groups excluding carboxylic acids is 4. The summed E-state index contributed by atoms with van der Waals surface area (Å²) < 4.78 is 6.06. The van der Waals surface area contributed by atoms with Crippen molar-refractivity contribution < 1.29 is 29.0 Å². The second-order valence-electron chi connectivity index (χ2n) is 10.8. The molecule has 0 aromatic heterocycles. The average Bonchev–Trinajstić information content (AvgIpc) is 3.25. The van der Waals surface area contributed by atoms with Gasteiger partial charge in [0.2, 0.25) is 23.6 Å². The standard InChI is InChI=1S/C29H27BrN2O6/c1-29-20(26(35)32(28(29)37)15-7-5-4-6-8-15)13-18-16(9-10-17-22(18)27(36)31(2)25(17)34)23(29)19-11-14(30)12-21(38-3)24(19)33/h4-9,11-12,17-18,20,22-23,33H,10,13H2,1-3H3/t17-,18+,20-,22-,23+,29+/m0/s1. The maximum Gasteiger partial charge on any atom is 0.241 e. The van der Waals surface area contributed by atoms with E-state index in [2.05, 4.69) is 15.9 Å². The molecule has 8 nitrogen and oxygen atoms in total. The molecule has 2 aliphatic heterocycles. The number of benzene rings is 2. The Morgan fingerprint density at radius 2 is 1.74 bits per heavy atom. The smallest absolute Gasteiger partial charge is 0.241 e. The average molecular weight is 579 g/mol. The number of ether oxygens (including phenoxy) is 1. The van der Waals surface area contributed by atoms with Crippen LogP contribution in [0.15, 0.2) is 58.6 Å². The van der Waals surface area contributed by atoms with Gasteiger partial charge in [-0.1, -0.05) is 45.8 Å². The predicted octanol–water partition coefficient (Wildman–Crippen LogP) is 4.02. The first-order valence-electron chi connectivity index (χ1n) is 12.6. The molecule has 38 heavy (non-hydrogen) atoms. The predicted molar refractivity (Wildman–Crippen MR) is 141 cm³/mol. The van der Waals surface area contributed by atoms with E-state index in [1.54, 1.807) is 43.3 Å². The molecule has 196 valence electrons. The van der Waals surface area contributed by atoms with Crippen molar-refractivity contribution in [2.24, 2.45) is 29.1 Å². The minimum atomic E-state index is -1.23. The van der Waals surface area contributed by atoms with Gasteiger partial charge in [0.05, 0.1) is 36.0 Å². The van der Waals surface area contributed by atoms with Crippen LogP contribution in [0.2, 0.25) is 0 Å². The molecule has 3 fully saturated rings. The number of phenolic OH excluding ortho intramolecular Hbond substituents is 1. The number of phenols is 1. The summed E-state index contributed by atoms with van der Waals surface area (Å²) in [6, 6.07) is 12.2. The molecule has 2 saturated heterocycles. The van der Waals surface area contributed by atoms with E-state index >= 15 is 0 Å². The molecule has 4 aliphatic rings. The van der Waals surface area contributed by atoms with Gasteiger partial charge < -0.3 is 9.84 Å². The molecular weight excluding hydrogens is 552 g/mol. The fourth-order valence-corrected chi connectivity index (χ4v) is 7.76. The summed E-state index contributed by atoms with van der Waals surface area (Å²) in [5, 5.41) is 11.3. The van der Waals surface area contributed by atoms with Crippen molar-refractivity contribution in [3.05, 3.63) is 64.1 Å². The molecule has 9 heteroatoms. The van der Waals surface area contributed by atoms with Crippen LogP contribution in [0.25, 0.3) is 0 Å². The first kappa shape index (κ1) is 24.9. The number of para-hydroxylation sites is 1. The van der Waals surface area contributed by atoms with Crippen LogP contribution in [0.5, 0.6) is 11.5 Å². The molecule has 4 amide bonds. The summed E-state index contributed by atoms with van der Waals surface area (Å²) >= 11 is 3.50. The van der Waals surface area contributed by atoms with Gasteiger partial charge in [0.1, 0.15) is 0 Å². The first-order valence-corrected chi connectivity index (χ1v) is 13.4. The van der Waals surface area contributed by atoms with E-state index in [1.165, 1.54) is 24.0 Å². The lowest BCUT2D eigenvalue weighted by Gasteiger charge is -2.49. The van der Waals surface area contributed by atoms with Crippen LogP contribution >= 0.6 is 15.9 Å². The van der Waals surface area contributed by atoms with Crippen LogP contribution < -0.4 is 9.64 Å². The molecule has 2 aromatic carbocycles. The van der Waals surface area contributed by atoms with Crippen LogP contribution in [0.3, 0.4) is 0 Å². The number of likely N-dealkylation sites (tertiary alicyclic amines) is 1. The van der Waals surface area contributed by atoms with Gasteiger partial charge in [-0.25, -0.2) is 4.90 Å². The van der Waals surface area contributed by atoms with Crippen LogP contribution in [-0.2, 0) is 19.2 Å². The molecule has 6 atom stereocenters. The largest absolute Gasteiger partial charge is 0.504 e. The van der Waals surface area contributed by atoms with E-state index in [-0.39, 0.29) is 41.5 Å². The number of rotatable bonds is 3. The SMILES string of the molecule is COc1cc(Br)cc([C@H]2C3=CC[C@@H]4C(=O)N(C)C(=O)[C@@H]4[C@@H]3C[C@H]3C(=O)N(c4ccccc4)C(=O)[C@@]23C)c1O. The second kappa shape index (κ2) is 8.53. The van der Waals surface area contributed by atoms with Gasteiger partial charge in [-0.05, 0) is 49.9 Å². The Morgan fingerprint density at radius 1 is 1.03 bits per heavy atom. The van der Waals surface area contributed by atoms with Crippen molar-refractivity contribution in [2.75, 3.05) is 19.1 Å². The molecule has 0 spiro atoms. The normalized spacial score (nSPS) is 32.2. The lowest BCUT2D eigenvalue weighted by molar-refractivity contribution is -0.138. The number of aromatic hydroxyl groups is 1. The molecule has 2 aromatic rings. The van der Waals surface area contributed by atoms with E-state index in [0.29, 0.717) is 22.1 Å². The number of amides is 4. The summed E-state index contributed by atoms with van der Waals surface area (Å²) in [5.74, 6) is -4.03. The summed E-state index contributed by atoms with van der Waals surface area (Å²) in [6.45, 7) is 1.79. The number of anilines is 1. The fraction of sp³-hybridized carbons (Fsp3) is 0.379. The molecule has 1 saturated carbocycles.